The Labute approximate surface area is 122 Å². The molecule has 0 spiro atoms. The highest BCUT2D eigenvalue weighted by atomic mass is 28.3. The standard InChI is InChI=1S/C14H23N3OSi2/c1-19(2,3)13-14(20(4,5)6)17(18)16(15-13)12-10-8-7-9-11-12/h7-11H,1-6H3. The lowest BCUT2D eigenvalue weighted by Crippen LogP contribution is -2.67. The molecular formula is C14H23N3OSi2. The monoisotopic (exact) mass is 305 g/mol. The number of nitrogens with zero attached hydrogens (tertiary/aromatic N) is 3. The van der Waals surface area contributed by atoms with E-state index in [1.165, 1.54) is 4.80 Å². The zero-order valence-corrected chi connectivity index (χ0v) is 15.1. The van der Waals surface area contributed by atoms with E-state index >= 15 is 0 Å². The number of rotatable bonds is 3. The van der Waals surface area contributed by atoms with Gasteiger partial charge in [-0.15, -0.1) is 0 Å². The molecule has 0 unspecified atom stereocenters. The van der Waals surface area contributed by atoms with E-state index in [-0.39, 0.29) is 0 Å². The van der Waals surface area contributed by atoms with Crippen molar-refractivity contribution < 1.29 is 4.85 Å². The van der Waals surface area contributed by atoms with Gasteiger partial charge in [-0.1, -0.05) is 57.5 Å². The molecule has 0 N–H and O–H groups in total. The summed E-state index contributed by atoms with van der Waals surface area (Å²) in [6.45, 7) is 13.4. The van der Waals surface area contributed by atoms with Gasteiger partial charge >= 0.3 is 0 Å². The second-order valence-corrected chi connectivity index (χ2v) is 17.1. The molecule has 0 saturated heterocycles. The summed E-state index contributed by atoms with van der Waals surface area (Å²) in [5.41, 5.74) is 0.825. The second-order valence-electron chi connectivity index (χ2n) is 7.20. The molecule has 6 heteroatoms. The molecule has 0 atom stereocenters. The predicted octanol–water partition coefficient (Wildman–Crippen LogP) is 1.60. The minimum Gasteiger partial charge on any atom is -0.693 e. The Kier molecular flexibility index (Phi) is 3.64. The average molecular weight is 306 g/mol. The molecule has 0 aliphatic carbocycles. The number of benzene rings is 1. The van der Waals surface area contributed by atoms with Gasteiger partial charge in [0, 0.05) is 5.10 Å². The van der Waals surface area contributed by atoms with E-state index in [2.05, 4.69) is 44.4 Å². The first kappa shape index (κ1) is 15.0. The van der Waals surface area contributed by atoms with Gasteiger partial charge in [-0.2, -0.15) is 4.85 Å². The van der Waals surface area contributed by atoms with E-state index in [1.54, 1.807) is 0 Å². The summed E-state index contributed by atoms with van der Waals surface area (Å²) >= 11 is 0. The molecular weight excluding hydrogens is 282 g/mol. The van der Waals surface area contributed by atoms with E-state index in [4.69, 9.17) is 0 Å². The van der Waals surface area contributed by atoms with E-state index in [1.807, 2.05) is 30.3 Å². The third-order valence-electron chi connectivity index (χ3n) is 3.19. The molecule has 2 rings (SSSR count). The highest BCUT2D eigenvalue weighted by molar-refractivity contribution is 6.97. The Balaban J connectivity index is 2.72. The van der Waals surface area contributed by atoms with Gasteiger partial charge in [0.1, 0.15) is 27.2 Å². The smallest absolute Gasteiger partial charge is 0.192 e. The molecule has 20 heavy (non-hydrogen) atoms. The van der Waals surface area contributed by atoms with Gasteiger partial charge in [0.15, 0.2) is 5.32 Å². The Morgan fingerprint density at radius 3 is 1.90 bits per heavy atom. The summed E-state index contributed by atoms with van der Waals surface area (Å²) in [4.78, 5) is 2.54. The first-order chi connectivity index (χ1) is 9.12. The van der Waals surface area contributed by atoms with Crippen molar-refractivity contribution in [1.82, 2.24) is 9.90 Å². The Morgan fingerprint density at radius 1 is 0.950 bits per heavy atom. The molecule has 0 radical (unpaired) electrons. The van der Waals surface area contributed by atoms with Crippen molar-refractivity contribution in [3.63, 3.8) is 0 Å². The molecule has 1 aromatic heterocycles. The Morgan fingerprint density at radius 2 is 1.50 bits per heavy atom. The topological polar surface area (TPSA) is 44.8 Å². The van der Waals surface area contributed by atoms with Gasteiger partial charge in [-0.3, -0.25) is 0 Å². The number of hydrogen-bond donors (Lipinski definition) is 0. The molecule has 0 fully saturated rings. The maximum Gasteiger partial charge on any atom is 0.192 e. The van der Waals surface area contributed by atoms with Crippen molar-refractivity contribution in [3.8, 4) is 5.69 Å². The fraction of sp³-hybridized carbons (Fsp3) is 0.429. The van der Waals surface area contributed by atoms with Crippen molar-refractivity contribution in [2.45, 2.75) is 39.3 Å². The lowest BCUT2D eigenvalue weighted by Gasteiger charge is -2.19. The molecule has 0 aliphatic heterocycles. The van der Waals surface area contributed by atoms with E-state index < -0.39 is 16.1 Å². The third-order valence-corrected chi connectivity index (χ3v) is 7.05. The molecule has 2 aromatic rings. The van der Waals surface area contributed by atoms with Crippen LogP contribution in [0, 0.1) is 5.21 Å². The normalized spacial score (nSPS) is 12.7. The van der Waals surface area contributed by atoms with Crippen molar-refractivity contribution in [3.05, 3.63) is 35.5 Å². The van der Waals surface area contributed by atoms with Crippen molar-refractivity contribution in [2.75, 3.05) is 0 Å². The molecule has 0 amide bonds. The van der Waals surface area contributed by atoms with Gasteiger partial charge in [0.05, 0.1) is 0 Å². The first-order valence-electron chi connectivity index (χ1n) is 6.91. The molecule has 1 heterocycles. The fourth-order valence-corrected chi connectivity index (χ4v) is 7.12. The lowest BCUT2D eigenvalue weighted by molar-refractivity contribution is -0.672. The molecule has 108 valence electrons. The molecule has 0 bridgehead atoms. The van der Waals surface area contributed by atoms with Crippen LogP contribution in [0.2, 0.25) is 39.3 Å². The molecule has 0 saturated carbocycles. The van der Waals surface area contributed by atoms with E-state index in [9.17, 15) is 5.21 Å². The van der Waals surface area contributed by atoms with E-state index in [0.717, 1.165) is 21.2 Å². The van der Waals surface area contributed by atoms with E-state index in [0.29, 0.717) is 0 Å². The van der Waals surface area contributed by atoms with Gasteiger partial charge in [-0.25, -0.2) is 0 Å². The van der Waals surface area contributed by atoms with Gasteiger partial charge in [0.2, 0.25) is 0 Å². The molecule has 1 aromatic carbocycles. The maximum atomic E-state index is 12.8. The second kappa shape index (κ2) is 4.85. The number of hydrogen-bond acceptors (Lipinski definition) is 2. The van der Waals surface area contributed by atoms with Crippen LogP contribution in [0.4, 0.5) is 0 Å². The summed E-state index contributed by atoms with van der Waals surface area (Å²) in [5.74, 6) is 0. The third kappa shape index (κ3) is 2.71. The summed E-state index contributed by atoms with van der Waals surface area (Å²) in [5, 5.41) is 19.4. The zero-order valence-electron chi connectivity index (χ0n) is 13.1. The van der Waals surface area contributed by atoms with Crippen LogP contribution in [0.3, 0.4) is 0 Å². The van der Waals surface area contributed by atoms with Crippen molar-refractivity contribution in [1.29, 1.82) is 0 Å². The highest BCUT2D eigenvalue weighted by Crippen LogP contribution is 2.06. The van der Waals surface area contributed by atoms with Gasteiger partial charge < -0.3 is 5.21 Å². The molecule has 4 nitrogen and oxygen atoms in total. The van der Waals surface area contributed by atoms with Crippen LogP contribution in [0.15, 0.2) is 30.3 Å². The zero-order chi connectivity index (χ0) is 15.1. The first-order valence-corrected chi connectivity index (χ1v) is 13.9. The predicted molar refractivity (Wildman–Crippen MR) is 88.5 cm³/mol. The Bertz CT molecular complexity index is 610. The van der Waals surface area contributed by atoms with Crippen molar-refractivity contribution in [2.24, 2.45) is 0 Å². The summed E-state index contributed by atoms with van der Waals surface area (Å²) in [6, 6.07) is 9.65. The van der Waals surface area contributed by atoms with Crippen LogP contribution in [-0.2, 0) is 0 Å². The van der Waals surface area contributed by atoms with Crippen LogP contribution >= 0.6 is 0 Å². The summed E-state index contributed by atoms with van der Waals surface area (Å²) in [6.07, 6.45) is 0. The van der Waals surface area contributed by atoms with Crippen LogP contribution < -0.4 is 15.5 Å². The maximum absolute atomic E-state index is 12.8. The Hall–Kier alpha value is -1.41. The molecule has 0 aliphatic rings. The SMILES string of the molecule is C[Si](C)(C)c1nn(-c2ccccc2)[n+]([O-])c1[Si](C)(C)C. The summed E-state index contributed by atoms with van der Waals surface area (Å²) < 4.78 is 0. The van der Waals surface area contributed by atoms with Crippen LogP contribution in [0.25, 0.3) is 5.69 Å². The summed E-state index contributed by atoms with van der Waals surface area (Å²) in [7, 11) is -3.39. The van der Waals surface area contributed by atoms with Crippen LogP contribution in [0.5, 0.6) is 0 Å². The largest absolute Gasteiger partial charge is 0.693 e. The lowest BCUT2D eigenvalue weighted by atomic mass is 10.3. The number of aromatic nitrogens is 3. The quantitative estimate of drug-likeness (QED) is 0.491. The van der Waals surface area contributed by atoms with Crippen LogP contribution in [0.1, 0.15) is 0 Å². The van der Waals surface area contributed by atoms with Gasteiger partial charge in [-0.05, 0) is 16.9 Å². The number of para-hydroxylation sites is 1. The minimum atomic E-state index is -1.74. The average Bonchev–Trinajstić information content (AvgIpc) is 2.67. The van der Waals surface area contributed by atoms with Crippen molar-refractivity contribution >= 4 is 26.8 Å². The minimum absolute atomic E-state index is 0.825. The van der Waals surface area contributed by atoms with Gasteiger partial charge in [0.25, 0.3) is 0 Å². The fourth-order valence-electron chi connectivity index (χ4n) is 2.24. The highest BCUT2D eigenvalue weighted by Gasteiger charge is 2.40. The van der Waals surface area contributed by atoms with Crippen LogP contribution in [-0.4, -0.2) is 26.0 Å².